The monoisotopic (exact) mass is 431 g/mol. The highest BCUT2D eigenvalue weighted by molar-refractivity contribution is 6.24. The van der Waals surface area contributed by atoms with Crippen molar-refractivity contribution in [2.24, 2.45) is 4.99 Å². The number of ether oxygens (including phenoxy) is 1. The maximum atomic E-state index is 14.6. The number of halogens is 3. The van der Waals surface area contributed by atoms with Gasteiger partial charge in [-0.15, -0.1) is 0 Å². The summed E-state index contributed by atoms with van der Waals surface area (Å²) >= 11 is 0. The lowest BCUT2D eigenvalue weighted by Gasteiger charge is -2.45. The minimum absolute atomic E-state index is 0.0410. The molecule has 1 N–H and O–H groups in total. The SMILES string of the molecule is CCOC(=O)C1=C(C)N(C)C(c2ccccc2)(C(F)(F)F)N=C1Nc1ccc(C)cc1. The minimum atomic E-state index is -4.77. The first-order valence-corrected chi connectivity index (χ1v) is 9.79. The van der Waals surface area contributed by atoms with Crippen molar-refractivity contribution in [3.05, 3.63) is 77.0 Å². The predicted molar refractivity (Wildman–Crippen MR) is 114 cm³/mol. The van der Waals surface area contributed by atoms with Gasteiger partial charge < -0.3 is 15.0 Å². The van der Waals surface area contributed by atoms with Gasteiger partial charge in [0.15, 0.2) is 0 Å². The molecule has 0 bridgehead atoms. The average molecular weight is 431 g/mol. The van der Waals surface area contributed by atoms with Gasteiger partial charge >= 0.3 is 12.1 Å². The Morgan fingerprint density at radius 2 is 1.71 bits per heavy atom. The Kier molecular flexibility index (Phi) is 6.10. The fraction of sp³-hybridized carbons (Fsp3) is 0.304. The van der Waals surface area contributed by atoms with Gasteiger partial charge in [-0.2, -0.15) is 13.2 Å². The number of aliphatic imine (C=N–C) groups is 1. The molecule has 0 saturated heterocycles. The molecular formula is C23H24F3N3O2. The van der Waals surface area contributed by atoms with Gasteiger partial charge in [-0.05, 0) is 32.9 Å². The largest absolute Gasteiger partial charge is 0.462 e. The zero-order valence-electron chi connectivity index (χ0n) is 17.7. The van der Waals surface area contributed by atoms with Crippen LogP contribution in [0.15, 0.2) is 70.9 Å². The fourth-order valence-corrected chi connectivity index (χ4v) is 3.53. The van der Waals surface area contributed by atoms with Crippen LogP contribution in [-0.4, -0.2) is 36.5 Å². The van der Waals surface area contributed by atoms with E-state index in [9.17, 15) is 18.0 Å². The summed E-state index contributed by atoms with van der Waals surface area (Å²) in [5, 5.41) is 2.91. The van der Waals surface area contributed by atoms with Crippen molar-refractivity contribution in [2.45, 2.75) is 32.6 Å². The summed E-state index contributed by atoms with van der Waals surface area (Å²) in [7, 11) is 1.28. The van der Waals surface area contributed by atoms with Crippen molar-refractivity contribution in [1.82, 2.24) is 4.90 Å². The van der Waals surface area contributed by atoms with Gasteiger partial charge in [0, 0.05) is 24.0 Å². The van der Waals surface area contributed by atoms with E-state index in [1.54, 1.807) is 25.1 Å². The molecule has 0 saturated carbocycles. The van der Waals surface area contributed by atoms with Crippen LogP contribution >= 0.6 is 0 Å². The molecule has 1 aliphatic heterocycles. The molecule has 1 aliphatic rings. The number of anilines is 1. The summed E-state index contributed by atoms with van der Waals surface area (Å²) < 4.78 is 49.0. The molecule has 0 amide bonds. The Labute approximate surface area is 179 Å². The highest BCUT2D eigenvalue weighted by Crippen LogP contribution is 2.48. The molecule has 164 valence electrons. The van der Waals surface area contributed by atoms with E-state index in [-0.39, 0.29) is 29.3 Å². The topological polar surface area (TPSA) is 53.9 Å². The van der Waals surface area contributed by atoms with Crippen LogP contribution < -0.4 is 5.32 Å². The lowest BCUT2D eigenvalue weighted by Crippen LogP contribution is -2.56. The zero-order valence-corrected chi connectivity index (χ0v) is 17.7. The Balaban J connectivity index is 2.25. The van der Waals surface area contributed by atoms with E-state index in [1.165, 1.54) is 38.2 Å². The number of nitrogens with zero attached hydrogens (tertiary/aromatic N) is 2. The van der Waals surface area contributed by atoms with Crippen molar-refractivity contribution in [1.29, 1.82) is 0 Å². The van der Waals surface area contributed by atoms with Crippen molar-refractivity contribution >= 4 is 17.5 Å². The molecule has 5 nitrogen and oxygen atoms in total. The van der Waals surface area contributed by atoms with Gasteiger partial charge in [0.25, 0.3) is 5.66 Å². The summed E-state index contributed by atoms with van der Waals surface area (Å²) in [6.45, 7) is 5.07. The second-order valence-electron chi connectivity index (χ2n) is 7.23. The van der Waals surface area contributed by atoms with E-state index in [0.717, 1.165) is 10.5 Å². The molecule has 0 fully saturated rings. The third-order valence-electron chi connectivity index (χ3n) is 5.23. The summed E-state index contributed by atoms with van der Waals surface area (Å²) in [5.41, 5.74) is -1.21. The van der Waals surface area contributed by atoms with Gasteiger partial charge in [0.1, 0.15) is 11.4 Å². The van der Waals surface area contributed by atoms with Crippen molar-refractivity contribution in [2.75, 3.05) is 19.0 Å². The Morgan fingerprint density at radius 3 is 2.26 bits per heavy atom. The Morgan fingerprint density at radius 1 is 1.10 bits per heavy atom. The molecule has 0 aromatic heterocycles. The van der Waals surface area contributed by atoms with E-state index >= 15 is 0 Å². The van der Waals surface area contributed by atoms with Crippen LogP contribution in [0.25, 0.3) is 0 Å². The minimum Gasteiger partial charge on any atom is -0.462 e. The third-order valence-corrected chi connectivity index (χ3v) is 5.23. The number of rotatable bonds is 4. The first-order chi connectivity index (χ1) is 14.6. The summed E-state index contributed by atoms with van der Waals surface area (Å²) in [4.78, 5) is 17.8. The molecular weight excluding hydrogens is 407 g/mol. The van der Waals surface area contributed by atoms with Crippen LogP contribution in [0.2, 0.25) is 0 Å². The number of aryl methyl sites for hydroxylation is 1. The lowest BCUT2D eigenvalue weighted by molar-refractivity contribution is -0.226. The van der Waals surface area contributed by atoms with Gasteiger partial charge in [0.05, 0.1) is 6.61 Å². The maximum Gasteiger partial charge on any atom is 0.437 e. The molecule has 0 spiro atoms. The zero-order chi connectivity index (χ0) is 22.8. The summed E-state index contributed by atoms with van der Waals surface area (Å²) in [6.07, 6.45) is -4.77. The van der Waals surface area contributed by atoms with E-state index < -0.39 is 17.8 Å². The van der Waals surface area contributed by atoms with E-state index in [4.69, 9.17) is 4.74 Å². The van der Waals surface area contributed by atoms with E-state index in [1.807, 2.05) is 19.1 Å². The highest BCUT2D eigenvalue weighted by atomic mass is 19.4. The number of carbonyl (C=O) groups is 1. The smallest absolute Gasteiger partial charge is 0.437 e. The molecule has 2 aromatic carbocycles. The second kappa shape index (κ2) is 8.45. The molecule has 0 aliphatic carbocycles. The normalized spacial score (nSPS) is 19.2. The van der Waals surface area contributed by atoms with Crippen LogP contribution in [0.4, 0.5) is 18.9 Å². The molecule has 1 unspecified atom stereocenters. The average Bonchev–Trinajstić information content (AvgIpc) is 2.72. The summed E-state index contributed by atoms with van der Waals surface area (Å²) in [6, 6.07) is 14.5. The number of hydrogen-bond donors (Lipinski definition) is 1. The number of amidine groups is 1. The quantitative estimate of drug-likeness (QED) is 0.692. The predicted octanol–water partition coefficient (Wildman–Crippen LogP) is 5.00. The van der Waals surface area contributed by atoms with Gasteiger partial charge in [-0.1, -0.05) is 48.0 Å². The number of benzene rings is 2. The van der Waals surface area contributed by atoms with Crippen LogP contribution in [0, 0.1) is 6.92 Å². The van der Waals surface area contributed by atoms with Crippen LogP contribution in [0.3, 0.4) is 0 Å². The lowest BCUT2D eigenvalue weighted by atomic mass is 9.93. The Bertz CT molecular complexity index is 1010. The summed E-state index contributed by atoms with van der Waals surface area (Å²) in [5.74, 6) is -0.937. The molecule has 3 rings (SSSR count). The van der Waals surface area contributed by atoms with Crippen LogP contribution in [-0.2, 0) is 15.2 Å². The first-order valence-electron chi connectivity index (χ1n) is 9.79. The Hall–Kier alpha value is -3.29. The first kappa shape index (κ1) is 22.4. The highest BCUT2D eigenvalue weighted by Gasteiger charge is 2.62. The number of esters is 1. The molecule has 1 heterocycles. The number of carbonyl (C=O) groups excluding carboxylic acids is 1. The maximum absolute atomic E-state index is 14.6. The number of allylic oxidation sites excluding steroid dienone is 1. The molecule has 1 atom stereocenters. The van der Waals surface area contributed by atoms with E-state index in [2.05, 4.69) is 10.3 Å². The van der Waals surface area contributed by atoms with Gasteiger partial charge in [-0.3, -0.25) is 0 Å². The fourth-order valence-electron chi connectivity index (χ4n) is 3.53. The molecule has 31 heavy (non-hydrogen) atoms. The number of alkyl halides is 3. The molecule has 8 heteroatoms. The molecule has 2 aromatic rings. The third kappa shape index (κ3) is 4.02. The van der Waals surface area contributed by atoms with Crippen LogP contribution in [0.1, 0.15) is 25.0 Å². The second-order valence-corrected chi connectivity index (χ2v) is 7.23. The van der Waals surface area contributed by atoms with Gasteiger partial charge in [0.2, 0.25) is 0 Å². The van der Waals surface area contributed by atoms with E-state index in [0.29, 0.717) is 5.69 Å². The number of nitrogens with one attached hydrogen (secondary N) is 1. The van der Waals surface area contributed by atoms with Crippen molar-refractivity contribution in [3.63, 3.8) is 0 Å². The van der Waals surface area contributed by atoms with Crippen molar-refractivity contribution < 1.29 is 22.7 Å². The van der Waals surface area contributed by atoms with Crippen LogP contribution in [0.5, 0.6) is 0 Å². The van der Waals surface area contributed by atoms with Gasteiger partial charge in [-0.25, -0.2) is 9.79 Å². The molecule has 0 radical (unpaired) electrons. The standard InChI is InChI=1S/C23H24F3N3O2/c1-5-31-21(30)19-16(3)29(4)22(23(24,25)26,17-9-7-6-8-10-17)28-20(19)27-18-13-11-15(2)12-14-18/h6-14H,5H2,1-4H3,(H,27,28). The van der Waals surface area contributed by atoms with Crippen molar-refractivity contribution in [3.8, 4) is 0 Å². The number of hydrogen-bond acceptors (Lipinski definition) is 5.